The molecule has 36 valence electrons. The average molecular weight is 123 g/mol. The smallest absolute Gasteiger partial charge is 0.299 e. The number of rotatable bonds is 0. The first-order chi connectivity index (χ1) is 1.73. The molecule has 0 aliphatic heterocycles. The van der Waals surface area contributed by atoms with E-state index in [0.29, 0.717) is 0 Å². The Morgan fingerprint density at radius 1 is 1.33 bits per heavy atom. The molecule has 0 saturated carbocycles. The minimum absolute atomic E-state index is 0. The van der Waals surface area contributed by atoms with Crippen molar-refractivity contribution in [2.75, 3.05) is 0 Å². The minimum Gasteiger partial charge on any atom is -0.344 e. The second-order valence-corrected chi connectivity index (χ2v) is 0.692. The van der Waals surface area contributed by atoms with Crippen LogP contribution in [0.5, 0.6) is 0 Å². The van der Waals surface area contributed by atoms with E-state index in [2.05, 4.69) is 0 Å². The molecule has 0 aromatic heterocycles. The quantitative estimate of drug-likeness (QED) is 0.298. The zero-order valence-electron chi connectivity index (χ0n) is 3.13. The van der Waals surface area contributed by atoms with Crippen LogP contribution in [-0.2, 0) is 11.4 Å². The molecular formula is H5MgNO3S. The fourth-order valence-electron chi connectivity index (χ4n) is 0. The third-order valence-corrected chi connectivity index (χ3v) is 0. The molecule has 0 saturated heterocycles. The maximum atomic E-state index is 8.67. The van der Waals surface area contributed by atoms with E-state index in [4.69, 9.17) is 13.3 Å². The van der Waals surface area contributed by atoms with Gasteiger partial charge in [0.05, 0.1) is 0 Å². The zero-order valence-corrected chi connectivity index (χ0v) is 5.36. The highest BCUT2D eigenvalue weighted by Gasteiger charge is 1.62. The molecule has 4 nitrogen and oxygen atoms in total. The minimum atomic E-state index is -2.61. The molecule has 0 amide bonds. The zero-order chi connectivity index (χ0) is 3.58. The van der Waals surface area contributed by atoms with Gasteiger partial charge in [0, 0.05) is 23.1 Å². The van der Waals surface area contributed by atoms with E-state index in [-0.39, 0.29) is 29.2 Å². The van der Waals surface area contributed by atoms with E-state index >= 15 is 0 Å². The van der Waals surface area contributed by atoms with Gasteiger partial charge in [0.2, 0.25) is 0 Å². The van der Waals surface area contributed by atoms with Gasteiger partial charge >= 0.3 is 0 Å². The summed E-state index contributed by atoms with van der Waals surface area (Å²) in [6.07, 6.45) is 0. The molecule has 0 fully saturated rings. The lowest BCUT2D eigenvalue weighted by Crippen LogP contribution is -1.74. The third-order valence-electron chi connectivity index (χ3n) is 0. The molecule has 0 aliphatic carbocycles. The van der Waals surface area contributed by atoms with Gasteiger partial charge in [-0.05, 0) is 0 Å². The second-order valence-electron chi connectivity index (χ2n) is 0.231. The normalized spacial score (nSPS) is 5.83. The molecular weight excluding hydrogens is 118 g/mol. The predicted molar refractivity (Wildman–Crippen MR) is 24.2 cm³/mol. The van der Waals surface area contributed by atoms with Crippen LogP contribution in [0.4, 0.5) is 0 Å². The molecule has 5 N–H and O–H groups in total. The van der Waals surface area contributed by atoms with Crippen molar-refractivity contribution in [2.45, 2.75) is 0 Å². The Bertz CT molecular complexity index is 33.8. The van der Waals surface area contributed by atoms with Crippen molar-refractivity contribution in [3.8, 4) is 0 Å². The first-order valence-corrected chi connectivity index (χ1v) is 1.60. The fraction of sp³-hybridized carbons (Fsp3) is 0. The SMILES string of the molecule is N.O=S(O)O.[Mg]. The van der Waals surface area contributed by atoms with E-state index < -0.39 is 11.4 Å². The molecule has 0 aliphatic rings. The van der Waals surface area contributed by atoms with Crippen molar-refractivity contribution in [3.63, 3.8) is 0 Å². The molecule has 0 atom stereocenters. The van der Waals surface area contributed by atoms with Crippen LogP contribution in [0.3, 0.4) is 0 Å². The van der Waals surface area contributed by atoms with E-state index in [9.17, 15) is 0 Å². The van der Waals surface area contributed by atoms with E-state index in [0.717, 1.165) is 0 Å². The molecule has 0 heterocycles. The van der Waals surface area contributed by atoms with E-state index in [1.165, 1.54) is 0 Å². The summed E-state index contributed by atoms with van der Waals surface area (Å²) in [7, 11) is 0. The molecule has 0 aromatic rings. The van der Waals surface area contributed by atoms with Crippen molar-refractivity contribution < 1.29 is 13.3 Å². The lowest BCUT2D eigenvalue weighted by Gasteiger charge is -1.59. The van der Waals surface area contributed by atoms with Crippen LogP contribution in [-0.4, -0.2) is 36.4 Å². The molecule has 6 heteroatoms. The maximum absolute atomic E-state index is 8.67. The van der Waals surface area contributed by atoms with Gasteiger partial charge in [0.25, 0.3) is 11.4 Å². The average Bonchev–Trinajstić information content (AvgIpc) is 0.811. The first kappa shape index (κ1) is 15.8. The summed E-state index contributed by atoms with van der Waals surface area (Å²) in [4.78, 5) is 0. The highest BCUT2D eigenvalue weighted by Crippen LogP contribution is 1.44. The highest BCUT2D eigenvalue weighted by molar-refractivity contribution is 7.73. The highest BCUT2D eigenvalue weighted by atomic mass is 32.2. The summed E-state index contributed by atoms with van der Waals surface area (Å²) in [6.45, 7) is 0. The summed E-state index contributed by atoms with van der Waals surface area (Å²) in [5.41, 5.74) is 0. The van der Waals surface area contributed by atoms with Gasteiger partial charge in [0.15, 0.2) is 0 Å². The van der Waals surface area contributed by atoms with Crippen molar-refractivity contribution >= 4 is 34.4 Å². The Balaban J connectivity index is -0.0000000450. The number of hydrogen-bond donors (Lipinski definition) is 3. The number of hydrogen-bond acceptors (Lipinski definition) is 2. The van der Waals surface area contributed by atoms with Gasteiger partial charge in [-0.2, -0.15) is 4.21 Å². The van der Waals surface area contributed by atoms with Crippen LogP contribution < -0.4 is 6.15 Å². The van der Waals surface area contributed by atoms with Gasteiger partial charge < -0.3 is 6.15 Å². The summed E-state index contributed by atoms with van der Waals surface area (Å²) in [5, 5.41) is 0. The Kier molecular flexibility index (Phi) is 24.4. The largest absolute Gasteiger partial charge is 0.344 e. The molecule has 0 spiro atoms. The van der Waals surface area contributed by atoms with Crippen LogP contribution in [0, 0.1) is 0 Å². The van der Waals surface area contributed by atoms with Gasteiger partial charge in [-0.3, -0.25) is 9.11 Å². The molecule has 0 aromatic carbocycles. The Labute approximate surface area is 54.2 Å². The summed E-state index contributed by atoms with van der Waals surface area (Å²) >= 11 is -2.61. The van der Waals surface area contributed by atoms with Gasteiger partial charge in [-0.15, -0.1) is 0 Å². The monoisotopic (exact) mass is 123 g/mol. The van der Waals surface area contributed by atoms with Gasteiger partial charge in [-0.1, -0.05) is 0 Å². The van der Waals surface area contributed by atoms with Crippen molar-refractivity contribution in [1.82, 2.24) is 6.15 Å². The van der Waals surface area contributed by atoms with Gasteiger partial charge in [-0.25, -0.2) is 0 Å². The first-order valence-electron chi connectivity index (χ1n) is 0.532. The summed E-state index contributed by atoms with van der Waals surface area (Å²) in [5.74, 6) is 0. The van der Waals surface area contributed by atoms with Crippen molar-refractivity contribution in [2.24, 2.45) is 0 Å². The van der Waals surface area contributed by atoms with Crippen molar-refractivity contribution in [3.05, 3.63) is 0 Å². The lowest BCUT2D eigenvalue weighted by atomic mass is 14.0. The van der Waals surface area contributed by atoms with Crippen LogP contribution in [0.25, 0.3) is 0 Å². The Morgan fingerprint density at radius 3 is 1.33 bits per heavy atom. The molecule has 0 bridgehead atoms. The third kappa shape index (κ3) is 109. The van der Waals surface area contributed by atoms with Crippen LogP contribution in [0.2, 0.25) is 0 Å². The maximum Gasteiger partial charge on any atom is 0.299 e. The van der Waals surface area contributed by atoms with Crippen LogP contribution in [0.1, 0.15) is 0 Å². The second kappa shape index (κ2) is 9.25. The lowest BCUT2D eigenvalue weighted by molar-refractivity contribution is 0.454. The molecule has 0 unspecified atom stereocenters. The predicted octanol–water partition coefficient (Wildman–Crippen LogP) is -0.538. The van der Waals surface area contributed by atoms with Gasteiger partial charge in [0.1, 0.15) is 0 Å². The topological polar surface area (TPSA) is 92.5 Å². The molecule has 6 heavy (non-hydrogen) atoms. The van der Waals surface area contributed by atoms with Crippen molar-refractivity contribution in [1.29, 1.82) is 0 Å². The molecule has 0 rings (SSSR count). The molecule has 2 radical (unpaired) electrons. The van der Waals surface area contributed by atoms with Crippen LogP contribution >= 0.6 is 0 Å². The van der Waals surface area contributed by atoms with E-state index in [1.54, 1.807) is 0 Å². The Morgan fingerprint density at radius 2 is 1.33 bits per heavy atom. The Hall–Kier alpha value is 0.796. The standard InChI is InChI=1S/Mg.H3N.H2O3S/c;;1-4(2)3/h;1H3;(H2,1,2,3). The van der Waals surface area contributed by atoms with E-state index in [1.807, 2.05) is 0 Å². The van der Waals surface area contributed by atoms with Crippen LogP contribution in [0.15, 0.2) is 0 Å². The summed E-state index contributed by atoms with van der Waals surface area (Å²) in [6, 6.07) is 0. The summed E-state index contributed by atoms with van der Waals surface area (Å²) < 4.78 is 22.8. The fourth-order valence-corrected chi connectivity index (χ4v) is 0.